The molecule has 4 N–H and O–H groups in total. The second kappa shape index (κ2) is 9.64. The highest BCUT2D eigenvalue weighted by atomic mass is 16.5. The molecule has 0 unspecified atom stereocenters. The van der Waals surface area contributed by atoms with Gasteiger partial charge in [0.25, 0.3) is 5.56 Å². The Kier molecular flexibility index (Phi) is 6.67. The van der Waals surface area contributed by atoms with E-state index < -0.39 is 0 Å². The molecule has 1 aliphatic carbocycles. The number of para-hydroxylation sites is 1. The predicted molar refractivity (Wildman–Crippen MR) is 134 cm³/mol. The number of aromatic amines is 2. The number of pyridine rings is 1. The third-order valence-corrected chi connectivity index (χ3v) is 5.60. The zero-order chi connectivity index (χ0) is 23.5. The van der Waals surface area contributed by atoms with Crippen LogP contribution in [0, 0.1) is 0 Å². The van der Waals surface area contributed by atoms with Crippen molar-refractivity contribution < 1.29 is 4.74 Å². The van der Waals surface area contributed by atoms with E-state index in [-0.39, 0.29) is 5.56 Å². The number of benzene rings is 1. The number of H-pyrrole nitrogens is 2. The third-order valence-electron chi connectivity index (χ3n) is 5.60. The van der Waals surface area contributed by atoms with Crippen LogP contribution in [0.4, 0.5) is 5.69 Å². The molecule has 3 aromatic rings. The summed E-state index contributed by atoms with van der Waals surface area (Å²) >= 11 is 0. The zero-order valence-electron chi connectivity index (χ0n) is 19.7. The molecule has 0 spiro atoms. The van der Waals surface area contributed by atoms with Gasteiger partial charge >= 0.3 is 0 Å². The maximum atomic E-state index is 12.7. The summed E-state index contributed by atoms with van der Waals surface area (Å²) in [5.74, 6) is 0.500. The van der Waals surface area contributed by atoms with E-state index in [9.17, 15) is 4.79 Å². The fourth-order valence-corrected chi connectivity index (χ4v) is 4.10. The van der Waals surface area contributed by atoms with E-state index in [0.29, 0.717) is 36.1 Å². The quantitative estimate of drug-likeness (QED) is 0.557. The number of nitrogens with zero attached hydrogens (tertiary/aromatic N) is 3. The van der Waals surface area contributed by atoms with E-state index in [0.717, 1.165) is 41.1 Å². The summed E-state index contributed by atoms with van der Waals surface area (Å²) in [6, 6.07) is 7.83. The number of nitrogens with one attached hydrogen (secondary N) is 2. The number of nitrogen functional groups attached to an aromatic ring is 1. The molecule has 174 valence electrons. The maximum Gasteiger partial charge on any atom is 0.261 e. The van der Waals surface area contributed by atoms with Gasteiger partial charge < -0.3 is 30.2 Å². The zero-order valence-corrected chi connectivity index (χ0v) is 19.7. The minimum absolute atomic E-state index is 0.244. The van der Waals surface area contributed by atoms with Gasteiger partial charge in [-0.1, -0.05) is 24.3 Å². The number of imidazole rings is 1. The lowest BCUT2D eigenvalue weighted by atomic mass is 10.1. The van der Waals surface area contributed by atoms with Gasteiger partial charge in [0.1, 0.15) is 11.4 Å². The molecule has 33 heavy (non-hydrogen) atoms. The molecule has 2 aliphatic rings. The predicted octanol–water partition coefficient (Wildman–Crippen LogP) is 2.85. The summed E-state index contributed by atoms with van der Waals surface area (Å²) in [5, 5.41) is 0.812. The average Bonchev–Trinajstić information content (AvgIpc) is 3.04. The van der Waals surface area contributed by atoms with E-state index in [4.69, 9.17) is 15.5 Å². The number of morpholine rings is 1. The molecular weight excluding hydrogens is 416 g/mol. The summed E-state index contributed by atoms with van der Waals surface area (Å²) in [7, 11) is 6.00. The number of anilines is 1. The molecule has 3 heterocycles. The second-order valence-electron chi connectivity index (χ2n) is 8.87. The second-order valence-corrected chi connectivity index (χ2v) is 8.87. The number of allylic oxidation sites excluding steroid dienone is 2. The van der Waals surface area contributed by atoms with Crippen LogP contribution >= 0.6 is 0 Å². The van der Waals surface area contributed by atoms with Gasteiger partial charge in [0, 0.05) is 35.8 Å². The average molecular weight is 449 g/mol. The normalized spacial score (nSPS) is 17.9. The first-order valence-corrected chi connectivity index (χ1v) is 11.2. The monoisotopic (exact) mass is 448 g/mol. The molecule has 0 radical (unpaired) electrons. The van der Waals surface area contributed by atoms with Gasteiger partial charge in [-0.25, -0.2) is 4.98 Å². The lowest BCUT2D eigenvalue weighted by molar-refractivity contribution is 0.0193. The van der Waals surface area contributed by atoms with Crippen molar-refractivity contribution >= 4 is 22.7 Å². The van der Waals surface area contributed by atoms with Crippen molar-refractivity contribution in [1.29, 1.82) is 0 Å². The van der Waals surface area contributed by atoms with Crippen molar-refractivity contribution in [2.75, 3.05) is 46.6 Å². The van der Waals surface area contributed by atoms with Gasteiger partial charge in [-0.2, -0.15) is 0 Å². The van der Waals surface area contributed by atoms with Crippen LogP contribution in [0.3, 0.4) is 0 Å². The van der Waals surface area contributed by atoms with Crippen molar-refractivity contribution in [2.24, 2.45) is 0 Å². The highest BCUT2D eigenvalue weighted by Gasteiger charge is 2.23. The number of nitrogens with two attached hydrogens (primary N) is 1. The molecular formula is C25H32N6O2. The van der Waals surface area contributed by atoms with Crippen molar-refractivity contribution in [2.45, 2.75) is 19.4 Å². The van der Waals surface area contributed by atoms with Gasteiger partial charge in [-0.05, 0) is 46.3 Å². The summed E-state index contributed by atoms with van der Waals surface area (Å²) in [5.41, 5.74) is 10.6. The third kappa shape index (κ3) is 4.86. The lowest BCUT2D eigenvalue weighted by Gasteiger charge is -2.35. The molecule has 2 aromatic heterocycles. The molecule has 1 aromatic carbocycles. The molecule has 1 atom stereocenters. The van der Waals surface area contributed by atoms with Crippen molar-refractivity contribution in [1.82, 2.24) is 24.8 Å². The van der Waals surface area contributed by atoms with Crippen molar-refractivity contribution in [3.05, 3.63) is 63.9 Å². The number of rotatable bonds is 2. The van der Waals surface area contributed by atoms with Crippen LogP contribution in [0.25, 0.3) is 28.4 Å². The van der Waals surface area contributed by atoms with E-state index >= 15 is 0 Å². The Labute approximate surface area is 193 Å². The summed E-state index contributed by atoms with van der Waals surface area (Å²) in [4.78, 5) is 28.1. The summed E-state index contributed by atoms with van der Waals surface area (Å²) < 4.78 is 5.56. The van der Waals surface area contributed by atoms with Crippen LogP contribution in [0.15, 0.2) is 46.9 Å². The van der Waals surface area contributed by atoms with Crippen LogP contribution in [-0.4, -0.2) is 71.7 Å². The number of hydrogen-bond donors (Lipinski definition) is 3. The Hall–Kier alpha value is -3.36. The van der Waals surface area contributed by atoms with Crippen LogP contribution in [-0.2, 0) is 11.2 Å². The van der Waals surface area contributed by atoms with E-state index in [1.807, 2.05) is 50.3 Å². The van der Waals surface area contributed by atoms with Crippen molar-refractivity contribution in [3.63, 3.8) is 0 Å². The Bertz CT molecular complexity index is 1250. The smallest absolute Gasteiger partial charge is 0.261 e. The Morgan fingerprint density at radius 1 is 1.21 bits per heavy atom. The molecule has 1 fully saturated rings. The highest BCUT2D eigenvalue weighted by molar-refractivity contribution is 5.96. The largest absolute Gasteiger partial charge is 0.397 e. The molecule has 1 saturated heterocycles. The van der Waals surface area contributed by atoms with Crippen LogP contribution in [0.2, 0.25) is 0 Å². The molecule has 0 saturated carbocycles. The Morgan fingerprint density at radius 2 is 1.97 bits per heavy atom. The number of hydrogen-bond acceptors (Lipinski definition) is 6. The van der Waals surface area contributed by atoms with Gasteiger partial charge in [0.05, 0.1) is 30.1 Å². The van der Waals surface area contributed by atoms with Gasteiger partial charge in [0.2, 0.25) is 0 Å². The van der Waals surface area contributed by atoms with Gasteiger partial charge in [-0.15, -0.1) is 0 Å². The topological polar surface area (TPSA) is 103 Å². The maximum absolute atomic E-state index is 12.7. The molecule has 5 rings (SSSR count). The number of fused-ring (bicyclic) bond motifs is 2. The first-order chi connectivity index (χ1) is 15.8. The number of aromatic nitrogens is 3. The highest BCUT2D eigenvalue weighted by Crippen LogP contribution is 2.29. The fourth-order valence-electron chi connectivity index (χ4n) is 4.10. The Morgan fingerprint density at radius 3 is 2.73 bits per heavy atom. The van der Waals surface area contributed by atoms with Crippen LogP contribution in [0.1, 0.15) is 18.3 Å². The van der Waals surface area contributed by atoms with Crippen LogP contribution in [0.5, 0.6) is 0 Å². The van der Waals surface area contributed by atoms with Crippen LogP contribution < -0.4 is 11.3 Å². The van der Waals surface area contributed by atoms with E-state index in [2.05, 4.69) is 40.0 Å². The lowest BCUT2D eigenvalue weighted by Crippen LogP contribution is -2.42. The first-order valence-electron chi connectivity index (χ1n) is 11.2. The minimum atomic E-state index is -0.244. The van der Waals surface area contributed by atoms with Gasteiger partial charge in [0.15, 0.2) is 0 Å². The molecule has 0 amide bonds. The fraction of sp³-hybridized carbons (Fsp3) is 0.360. The van der Waals surface area contributed by atoms with E-state index in [1.54, 1.807) is 0 Å². The van der Waals surface area contributed by atoms with Crippen molar-refractivity contribution in [3.8, 4) is 11.4 Å². The minimum Gasteiger partial charge on any atom is -0.397 e. The summed E-state index contributed by atoms with van der Waals surface area (Å²) in [6.45, 7) is 4.44. The molecule has 8 nitrogen and oxygen atoms in total. The standard InChI is InChI=1S/C22H23N5O2.C3H9N/c1-13-12-29-10-9-27(13)14-5-4-8-17-18(11-14)25-21(24-17)19-20(23)15-6-2-3-7-16(15)26-22(19)28;1-4(2)3/h2-7,11,13H,8-10,12H2,1H3,(H,24,25)(H3,23,26,28);1-3H3/t13-;/m1./s1. The molecule has 8 heteroatoms. The number of ether oxygens (including phenoxy) is 1. The summed E-state index contributed by atoms with van der Waals surface area (Å²) in [6.07, 6.45) is 7.04. The molecule has 0 bridgehead atoms. The Balaban J connectivity index is 0.000000601. The molecule has 1 aliphatic heterocycles. The van der Waals surface area contributed by atoms with E-state index in [1.165, 1.54) is 0 Å². The van der Waals surface area contributed by atoms with Gasteiger partial charge in [-0.3, -0.25) is 4.79 Å². The first kappa shape index (κ1) is 22.8. The SMILES string of the molecule is CN(C)C.C[C@@H]1COCCN1C1=Cc2nc(-c3c(N)c4ccccc4[nH]c3=O)[nH]c2CC=C1.